The molecule has 0 saturated carbocycles. The summed E-state index contributed by atoms with van der Waals surface area (Å²) < 4.78 is 32.2. The molecular weight excluding hydrogens is 288 g/mol. The van der Waals surface area contributed by atoms with Crippen LogP contribution < -0.4 is 14.8 Å². The summed E-state index contributed by atoms with van der Waals surface area (Å²) in [5, 5.41) is 3.13. The van der Waals surface area contributed by atoms with Crippen molar-refractivity contribution in [2.75, 3.05) is 20.2 Å². The van der Waals surface area contributed by atoms with Crippen LogP contribution in [0.4, 0.5) is 0 Å². The molecule has 7 heteroatoms. The van der Waals surface area contributed by atoms with Gasteiger partial charge in [0.05, 0.1) is 12.0 Å². The van der Waals surface area contributed by atoms with E-state index >= 15 is 0 Å². The van der Waals surface area contributed by atoms with Crippen molar-refractivity contribution in [2.24, 2.45) is 0 Å². The summed E-state index contributed by atoms with van der Waals surface area (Å²) in [6, 6.07) is 4.95. The lowest BCUT2D eigenvalue weighted by Crippen LogP contribution is -2.36. The highest BCUT2D eigenvalue weighted by Gasteiger charge is 2.23. The Bertz CT molecular complexity index is 528. The Morgan fingerprint density at radius 2 is 2.16 bits per heavy atom. The lowest BCUT2D eigenvalue weighted by Gasteiger charge is -2.14. The summed E-state index contributed by atoms with van der Waals surface area (Å²) in [7, 11) is -1.88. The van der Waals surface area contributed by atoms with Crippen molar-refractivity contribution in [3.05, 3.63) is 23.8 Å². The number of hydrogen-bond acceptors (Lipinski definition) is 4. The van der Waals surface area contributed by atoms with Gasteiger partial charge < -0.3 is 10.1 Å². The Balaban J connectivity index is 0.00000180. The van der Waals surface area contributed by atoms with Gasteiger partial charge in [-0.05, 0) is 43.7 Å². The van der Waals surface area contributed by atoms with Crippen LogP contribution in [0.5, 0.6) is 5.75 Å². The molecule has 1 atom stereocenters. The van der Waals surface area contributed by atoms with Crippen molar-refractivity contribution in [2.45, 2.75) is 24.3 Å². The molecule has 1 saturated heterocycles. The molecule has 108 valence electrons. The molecule has 1 heterocycles. The molecule has 0 amide bonds. The van der Waals surface area contributed by atoms with E-state index in [1.807, 2.05) is 0 Å². The van der Waals surface area contributed by atoms with E-state index in [1.165, 1.54) is 0 Å². The minimum atomic E-state index is -3.44. The van der Waals surface area contributed by atoms with Crippen LogP contribution in [0.3, 0.4) is 0 Å². The van der Waals surface area contributed by atoms with Crippen LogP contribution in [0.1, 0.15) is 12.0 Å². The van der Waals surface area contributed by atoms with Gasteiger partial charge >= 0.3 is 0 Å². The molecule has 1 aromatic carbocycles. The van der Waals surface area contributed by atoms with E-state index in [1.54, 1.807) is 32.2 Å². The Morgan fingerprint density at radius 3 is 2.68 bits per heavy atom. The number of hydrogen-bond donors (Lipinski definition) is 2. The fourth-order valence-corrected chi connectivity index (χ4v) is 3.59. The number of ether oxygens (including phenoxy) is 1. The van der Waals surface area contributed by atoms with Gasteiger partial charge in [0.25, 0.3) is 0 Å². The van der Waals surface area contributed by atoms with Crippen LogP contribution in [0.25, 0.3) is 0 Å². The Kier molecular flexibility index (Phi) is 5.61. The second kappa shape index (κ2) is 6.56. The van der Waals surface area contributed by atoms with Gasteiger partial charge in [0.15, 0.2) is 0 Å². The SMILES string of the molecule is COc1ccc(S(=O)(=O)NC2CCNC2)c(C)c1.Cl. The average Bonchev–Trinajstić information content (AvgIpc) is 2.80. The molecule has 2 N–H and O–H groups in total. The van der Waals surface area contributed by atoms with Gasteiger partial charge in [-0.2, -0.15) is 0 Å². The Labute approximate surface area is 120 Å². The first-order chi connectivity index (χ1) is 8.53. The van der Waals surface area contributed by atoms with E-state index in [0.717, 1.165) is 13.0 Å². The molecule has 1 aromatic rings. The molecule has 19 heavy (non-hydrogen) atoms. The van der Waals surface area contributed by atoms with Crippen LogP contribution in [-0.2, 0) is 10.0 Å². The van der Waals surface area contributed by atoms with Crippen molar-refractivity contribution in [1.82, 2.24) is 10.0 Å². The van der Waals surface area contributed by atoms with Crippen LogP contribution in [0.2, 0.25) is 0 Å². The zero-order valence-electron chi connectivity index (χ0n) is 11.0. The van der Waals surface area contributed by atoms with E-state index in [0.29, 0.717) is 22.8 Å². The fourth-order valence-electron chi connectivity index (χ4n) is 2.09. The number of methoxy groups -OCH3 is 1. The number of aryl methyl sites for hydroxylation is 1. The molecule has 0 aliphatic carbocycles. The van der Waals surface area contributed by atoms with Crippen LogP contribution in [-0.4, -0.2) is 34.7 Å². The summed E-state index contributed by atoms with van der Waals surface area (Å²) in [6.45, 7) is 3.31. The Morgan fingerprint density at radius 1 is 1.42 bits per heavy atom. The average molecular weight is 307 g/mol. The zero-order valence-corrected chi connectivity index (χ0v) is 12.6. The summed E-state index contributed by atoms with van der Waals surface area (Å²) in [4.78, 5) is 0.315. The third kappa shape index (κ3) is 3.82. The zero-order chi connectivity index (χ0) is 13.2. The van der Waals surface area contributed by atoms with E-state index in [4.69, 9.17) is 4.74 Å². The third-order valence-electron chi connectivity index (χ3n) is 3.05. The first-order valence-corrected chi connectivity index (χ1v) is 7.39. The third-order valence-corrected chi connectivity index (χ3v) is 4.73. The van der Waals surface area contributed by atoms with Crippen LogP contribution in [0, 0.1) is 6.92 Å². The van der Waals surface area contributed by atoms with Crippen molar-refractivity contribution in [3.63, 3.8) is 0 Å². The number of nitrogens with one attached hydrogen (secondary N) is 2. The highest BCUT2D eigenvalue weighted by Crippen LogP contribution is 2.21. The lowest BCUT2D eigenvalue weighted by atomic mass is 10.2. The molecule has 1 aliphatic rings. The van der Waals surface area contributed by atoms with Gasteiger partial charge in [-0.25, -0.2) is 13.1 Å². The summed E-state index contributed by atoms with van der Waals surface area (Å²) >= 11 is 0. The maximum atomic E-state index is 12.2. The molecule has 0 aromatic heterocycles. The second-order valence-electron chi connectivity index (χ2n) is 4.44. The predicted octanol–water partition coefficient (Wildman–Crippen LogP) is 1.07. The van der Waals surface area contributed by atoms with Gasteiger partial charge in [-0.3, -0.25) is 0 Å². The number of sulfonamides is 1. The molecule has 1 unspecified atom stereocenters. The summed E-state index contributed by atoms with van der Waals surface area (Å²) in [5.41, 5.74) is 0.688. The van der Waals surface area contributed by atoms with E-state index in [-0.39, 0.29) is 18.4 Å². The highest BCUT2D eigenvalue weighted by molar-refractivity contribution is 7.89. The van der Waals surface area contributed by atoms with E-state index < -0.39 is 10.0 Å². The van der Waals surface area contributed by atoms with Gasteiger partial charge in [0.1, 0.15) is 5.75 Å². The summed E-state index contributed by atoms with van der Waals surface area (Å²) in [5.74, 6) is 0.661. The standard InChI is InChI=1S/C12H18N2O3S.ClH/c1-9-7-11(17-2)3-4-12(9)18(15,16)14-10-5-6-13-8-10;/h3-4,7,10,13-14H,5-6,8H2,1-2H3;1H. The Hall–Kier alpha value is -0.820. The van der Waals surface area contributed by atoms with Crippen LogP contribution >= 0.6 is 12.4 Å². The van der Waals surface area contributed by atoms with Gasteiger partial charge in [0, 0.05) is 12.6 Å². The van der Waals surface area contributed by atoms with Crippen molar-refractivity contribution < 1.29 is 13.2 Å². The minimum Gasteiger partial charge on any atom is -0.497 e. The van der Waals surface area contributed by atoms with E-state index in [9.17, 15) is 8.42 Å². The smallest absolute Gasteiger partial charge is 0.241 e. The number of rotatable bonds is 4. The van der Waals surface area contributed by atoms with E-state index in [2.05, 4.69) is 10.0 Å². The molecular formula is C12H19ClN2O3S. The normalized spacial score (nSPS) is 18.9. The monoisotopic (exact) mass is 306 g/mol. The largest absolute Gasteiger partial charge is 0.497 e. The maximum absolute atomic E-state index is 12.2. The summed E-state index contributed by atoms with van der Waals surface area (Å²) in [6.07, 6.45) is 0.828. The molecule has 0 spiro atoms. The molecule has 0 radical (unpaired) electrons. The predicted molar refractivity (Wildman–Crippen MR) is 76.6 cm³/mol. The second-order valence-corrected chi connectivity index (χ2v) is 6.12. The first kappa shape index (κ1) is 16.2. The van der Waals surface area contributed by atoms with Crippen molar-refractivity contribution in [1.29, 1.82) is 0 Å². The number of halogens is 1. The van der Waals surface area contributed by atoms with Gasteiger partial charge in [0.2, 0.25) is 10.0 Å². The van der Waals surface area contributed by atoms with Crippen LogP contribution in [0.15, 0.2) is 23.1 Å². The number of benzene rings is 1. The lowest BCUT2D eigenvalue weighted by molar-refractivity contribution is 0.414. The minimum absolute atomic E-state index is 0. The molecule has 1 fully saturated rings. The van der Waals surface area contributed by atoms with Gasteiger partial charge in [-0.15, -0.1) is 12.4 Å². The highest BCUT2D eigenvalue weighted by atomic mass is 35.5. The molecule has 0 bridgehead atoms. The first-order valence-electron chi connectivity index (χ1n) is 5.90. The quantitative estimate of drug-likeness (QED) is 0.873. The maximum Gasteiger partial charge on any atom is 0.241 e. The topological polar surface area (TPSA) is 67.4 Å². The van der Waals surface area contributed by atoms with Gasteiger partial charge in [-0.1, -0.05) is 0 Å². The van der Waals surface area contributed by atoms with Crippen molar-refractivity contribution >= 4 is 22.4 Å². The fraction of sp³-hybridized carbons (Fsp3) is 0.500. The molecule has 5 nitrogen and oxygen atoms in total. The van der Waals surface area contributed by atoms with Crippen molar-refractivity contribution in [3.8, 4) is 5.75 Å². The molecule has 1 aliphatic heterocycles. The molecule has 2 rings (SSSR count).